The Morgan fingerprint density at radius 2 is 1.93 bits per heavy atom. The molecule has 0 aromatic heterocycles. The fourth-order valence-electron chi connectivity index (χ4n) is 3.30. The van der Waals surface area contributed by atoms with Crippen LogP contribution in [0.5, 0.6) is 11.5 Å². The maximum Gasteiger partial charge on any atom is 0.342 e. The molecule has 6 heteroatoms. The summed E-state index contributed by atoms with van der Waals surface area (Å²) in [6.07, 6.45) is 9.21. The average Bonchev–Trinajstić information content (AvgIpc) is 3.04. The Balaban J connectivity index is 2.17. The molecule has 0 radical (unpaired) electrons. The van der Waals surface area contributed by atoms with Crippen molar-refractivity contribution in [2.24, 2.45) is 0 Å². The van der Waals surface area contributed by atoms with Crippen molar-refractivity contribution in [1.29, 1.82) is 0 Å². The molecule has 2 atom stereocenters. The first kappa shape index (κ1) is 23.7. The van der Waals surface area contributed by atoms with Crippen molar-refractivity contribution >= 4 is 12.0 Å². The molecule has 1 aliphatic heterocycles. The zero-order valence-electron chi connectivity index (χ0n) is 18.3. The molecular weight excluding hydrogens is 384 g/mol. The van der Waals surface area contributed by atoms with Gasteiger partial charge in [-0.15, -0.1) is 13.2 Å². The van der Waals surface area contributed by atoms with Gasteiger partial charge in [-0.3, -0.25) is 0 Å². The van der Waals surface area contributed by atoms with Gasteiger partial charge < -0.3 is 23.7 Å². The van der Waals surface area contributed by atoms with Gasteiger partial charge in [-0.2, -0.15) is 0 Å². The number of methoxy groups -OCH3 is 2. The molecule has 0 spiro atoms. The summed E-state index contributed by atoms with van der Waals surface area (Å²) < 4.78 is 27.9. The monoisotopic (exact) mass is 416 g/mol. The summed E-state index contributed by atoms with van der Waals surface area (Å²) >= 11 is 0. The van der Waals surface area contributed by atoms with Gasteiger partial charge in [0.05, 0.1) is 26.9 Å². The molecule has 1 saturated heterocycles. The minimum Gasteiger partial charge on any atom is -0.497 e. The van der Waals surface area contributed by atoms with E-state index in [1.807, 2.05) is 26.0 Å². The third-order valence-corrected chi connectivity index (χ3v) is 4.69. The first-order valence-corrected chi connectivity index (χ1v) is 10.0. The Labute approximate surface area is 179 Å². The molecule has 1 aromatic rings. The summed E-state index contributed by atoms with van der Waals surface area (Å²) in [4.78, 5) is 12.7. The molecule has 1 aromatic carbocycles. The largest absolute Gasteiger partial charge is 0.497 e. The van der Waals surface area contributed by atoms with E-state index in [-0.39, 0.29) is 18.8 Å². The highest BCUT2D eigenvalue weighted by Crippen LogP contribution is 2.32. The van der Waals surface area contributed by atoms with Crippen LogP contribution in [0.1, 0.15) is 49.0 Å². The Morgan fingerprint density at radius 3 is 2.57 bits per heavy atom. The first-order valence-electron chi connectivity index (χ1n) is 10.0. The van der Waals surface area contributed by atoms with Crippen LogP contribution in [-0.2, 0) is 14.2 Å². The van der Waals surface area contributed by atoms with Crippen molar-refractivity contribution < 1.29 is 28.5 Å². The molecule has 1 aliphatic rings. The van der Waals surface area contributed by atoms with Crippen molar-refractivity contribution in [3.8, 4) is 11.5 Å². The van der Waals surface area contributed by atoms with E-state index in [9.17, 15) is 4.79 Å². The van der Waals surface area contributed by atoms with Crippen LogP contribution in [0, 0.1) is 0 Å². The van der Waals surface area contributed by atoms with Gasteiger partial charge in [-0.25, -0.2) is 4.79 Å². The molecule has 1 fully saturated rings. The second kappa shape index (κ2) is 11.0. The zero-order chi connectivity index (χ0) is 22.1. The lowest BCUT2D eigenvalue weighted by molar-refractivity contribution is -0.143. The Morgan fingerprint density at radius 1 is 1.17 bits per heavy atom. The zero-order valence-corrected chi connectivity index (χ0v) is 18.3. The number of hydrogen-bond acceptors (Lipinski definition) is 6. The van der Waals surface area contributed by atoms with Gasteiger partial charge >= 0.3 is 5.97 Å². The molecule has 30 heavy (non-hydrogen) atoms. The lowest BCUT2D eigenvalue weighted by atomic mass is 10.0. The van der Waals surface area contributed by atoms with Gasteiger partial charge in [-0.05, 0) is 44.7 Å². The molecule has 164 valence electrons. The van der Waals surface area contributed by atoms with Gasteiger partial charge in [0.1, 0.15) is 23.2 Å². The highest BCUT2D eigenvalue weighted by molar-refractivity contribution is 5.97. The number of esters is 1. The van der Waals surface area contributed by atoms with Crippen LogP contribution in [0.25, 0.3) is 6.08 Å². The molecule has 0 amide bonds. The Bertz CT molecular complexity index is 780. The van der Waals surface area contributed by atoms with E-state index in [4.69, 9.17) is 23.7 Å². The van der Waals surface area contributed by atoms with Crippen molar-refractivity contribution in [3.05, 3.63) is 54.6 Å². The number of rotatable bonds is 11. The number of benzene rings is 1. The molecule has 0 N–H and O–H groups in total. The highest BCUT2D eigenvalue weighted by atomic mass is 16.7. The van der Waals surface area contributed by atoms with Crippen LogP contribution in [-0.4, -0.2) is 44.8 Å². The van der Waals surface area contributed by atoms with Crippen LogP contribution in [0.4, 0.5) is 0 Å². The topological polar surface area (TPSA) is 63.2 Å². The minimum atomic E-state index is -0.615. The van der Waals surface area contributed by atoms with Crippen molar-refractivity contribution in [1.82, 2.24) is 0 Å². The van der Waals surface area contributed by atoms with E-state index in [1.54, 1.807) is 31.4 Å². The van der Waals surface area contributed by atoms with Crippen LogP contribution in [0.15, 0.2) is 43.5 Å². The van der Waals surface area contributed by atoms with E-state index in [2.05, 4.69) is 13.2 Å². The maximum atomic E-state index is 12.7. The number of carbonyl (C=O) groups excluding carboxylic acids is 1. The molecule has 0 unspecified atom stereocenters. The summed E-state index contributed by atoms with van der Waals surface area (Å²) in [5, 5.41) is 0. The predicted octanol–water partition coefficient (Wildman–Crippen LogP) is 4.94. The van der Waals surface area contributed by atoms with Crippen molar-refractivity contribution in [2.45, 2.75) is 51.1 Å². The van der Waals surface area contributed by atoms with Gasteiger partial charge in [-0.1, -0.05) is 24.3 Å². The fraction of sp³-hybridized carbons (Fsp3) is 0.458. The van der Waals surface area contributed by atoms with Crippen LogP contribution in [0.2, 0.25) is 0 Å². The summed E-state index contributed by atoms with van der Waals surface area (Å²) in [5.74, 6) is -0.0683. The second-order valence-electron chi connectivity index (χ2n) is 7.36. The predicted molar refractivity (Wildman–Crippen MR) is 117 cm³/mol. The normalized spacial score (nSPS) is 20.1. The number of allylic oxidation sites excluding steroid dienone is 1. The second-order valence-corrected chi connectivity index (χ2v) is 7.36. The van der Waals surface area contributed by atoms with Gasteiger partial charge in [0, 0.05) is 6.07 Å². The lowest BCUT2D eigenvalue weighted by Gasteiger charge is -2.16. The molecule has 1 heterocycles. The highest BCUT2D eigenvalue weighted by Gasteiger charge is 2.38. The fourth-order valence-corrected chi connectivity index (χ4v) is 3.30. The molecule has 0 bridgehead atoms. The number of hydrogen-bond donors (Lipinski definition) is 0. The van der Waals surface area contributed by atoms with Gasteiger partial charge in [0.25, 0.3) is 0 Å². The molecular formula is C24H32O6. The third kappa shape index (κ3) is 6.21. The summed E-state index contributed by atoms with van der Waals surface area (Å²) in [7, 11) is 3.08. The Hall–Kier alpha value is -2.57. The van der Waals surface area contributed by atoms with E-state index < -0.39 is 11.8 Å². The number of carbonyl (C=O) groups is 1. The average molecular weight is 417 g/mol. The standard InChI is InChI=1S/C24H32O6/c1-7-9-14-28-23(25)22-17(15-18(26-5)16-21(22)27-6)12-10-11-13-20-19(8-2)29-24(3,4)30-20/h7-8,10,12,15-16,19-20H,1-2,9,11,13-14H2,3-6H3/b12-10+/t19-,20+/m1/s1. The van der Waals surface area contributed by atoms with Crippen molar-refractivity contribution in [2.75, 3.05) is 20.8 Å². The maximum absolute atomic E-state index is 12.7. The van der Waals surface area contributed by atoms with Crippen LogP contribution >= 0.6 is 0 Å². The minimum absolute atomic E-state index is 0.0645. The van der Waals surface area contributed by atoms with E-state index >= 15 is 0 Å². The van der Waals surface area contributed by atoms with Crippen molar-refractivity contribution in [3.63, 3.8) is 0 Å². The molecule has 2 rings (SSSR count). The van der Waals surface area contributed by atoms with E-state index in [0.717, 1.165) is 12.8 Å². The Kier molecular flexibility index (Phi) is 8.69. The van der Waals surface area contributed by atoms with Crippen LogP contribution in [0.3, 0.4) is 0 Å². The van der Waals surface area contributed by atoms with E-state index in [0.29, 0.717) is 29.0 Å². The molecule has 0 aliphatic carbocycles. The first-order chi connectivity index (χ1) is 14.3. The SMILES string of the molecule is C=CCCOC(=O)c1c(/C=C/CC[C@@H]2OC(C)(C)O[C@@H]2C=C)cc(OC)cc1OC. The summed E-state index contributed by atoms with van der Waals surface area (Å²) in [5.41, 5.74) is 1.03. The van der Waals surface area contributed by atoms with Gasteiger partial charge in [0.15, 0.2) is 5.79 Å². The smallest absolute Gasteiger partial charge is 0.342 e. The van der Waals surface area contributed by atoms with Gasteiger partial charge in [0.2, 0.25) is 0 Å². The lowest BCUT2D eigenvalue weighted by Crippen LogP contribution is -2.21. The van der Waals surface area contributed by atoms with Crippen LogP contribution < -0.4 is 9.47 Å². The number of ether oxygens (including phenoxy) is 5. The summed E-state index contributed by atoms with van der Waals surface area (Å²) in [6, 6.07) is 3.45. The quantitative estimate of drug-likeness (QED) is 0.289. The molecule has 6 nitrogen and oxygen atoms in total. The van der Waals surface area contributed by atoms with E-state index in [1.165, 1.54) is 7.11 Å². The summed E-state index contributed by atoms with van der Waals surface area (Å²) in [6.45, 7) is 11.5. The third-order valence-electron chi connectivity index (χ3n) is 4.69. The molecule has 0 saturated carbocycles.